The first-order valence-corrected chi connectivity index (χ1v) is 9.85. The van der Waals surface area contributed by atoms with Crippen LogP contribution in [0, 0.1) is 0 Å². The van der Waals surface area contributed by atoms with Crippen LogP contribution in [0.25, 0.3) is 5.00 Å². The number of aromatic nitrogens is 3. The van der Waals surface area contributed by atoms with Crippen molar-refractivity contribution in [2.45, 2.75) is 43.2 Å². The minimum absolute atomic E-state index is 0.00577. The summed E-state index contributed by atoms with van der Waals surface area (Å²) in [6.07, 6.45) is 6.09. The normalized spacial score (nSPS) is 17.0. The fourth-order valence-corrected chi connectivity index (χ4v) is 5.92. The van der Waals surface area contributed by atoms with Gasteiger partial charge in [-0.1, -0.05) is 11.8 Å². The van der Waals surface area contributed by atoms with Crippen molar-refractivity contribution in [2.75, 3.05) is 5.75 Å². The lowest BCUT2D eigenvalue weighted by Crippen LogP contribution is -2.02. The maximum atomic E-state index is 10.8. The Morgan fingerprint density at radius 2 is 2.14 bits per heavy atom. The van der Waals surface area contributed by atoms with Crippen LogP contribution in [0.2, 0.25) is 0 Å². The van der Waals surface area contributed by atoms with E-state index in [1.165, 1.54) is 58.5 Å². The average Bonchev–Trinajstić information content (AvgIpc) is 2.93. The van der Waals surface area contributed by atoms with Gasteiger partial charge in [0.1, 0.15) is 5.00 Å². The molecule has 0 spiro atoms. The van der Waals surface area contributed by atoms with E-state index in [9.17, 15) is 4.79 Å². The molecule has 2 aromatic rings. The summed E-state index contributed by atoms with van der Waals surface area (Å²) >= 11 is 6.53. The van der Waals surface area contributed by atoms with Gasteiger partial charge >= 0.3 is 5.97 Å². The van der Waals surface area contributed by atoms with E-state index in [4.69, 9.17) is 5.11 Å². The number of carboxylic acids is 1. The largest absolute Gasteiger partial charge is 0.481 e. The molecule has 116 valence electrons. The van der Waals surface area contributed by atoms with Crippen LogP contribution in [0.1, 0.15) is 41.2 Å². The van der Waals surface area contributed by atoms with Crippen LogP contribution in [0.4, 0.5) is 0 Å². The zero-order valence-corrected chi connectivity index (χ0v) is 14.9. The number of halogens is 1. The second-order valence-corrected chi connectivity index (χ2v) is 8.31. The van der Waals surface area contributed by atoms with E-state index in [1.807, 2.05) is 15.9 Å². The lowest BCUT2D eigenvalue weighted by molar-refractivity contribution is -0.133. The molecule has 0 radical (unpaired) electrons. The van der Waals surface area contributed by atoms with Crippen molar-refractivity contribution in [3.8, 4) is 5.00 Å². The highest BCUT2D eigenvalue weighted by atomic mass is 79.9. The van der Waals surface area contributed by atoms with Crippen molar-refractivity contribution in [3.63, 3.8) is 0 Å². The molecule has 0 atom stereocenters. The highest BCUT2D eigenvalue weighted by Gasteiger charge is 2.34. The molecule has 4 rings (SSSR count). The molecule has 2 aromatic heterocycles. The Kier molecular flexibility index (Phi) is 3.78. The van der Waals surface area contributed by atoms with E-state index in [2.05, 4.69) is 26.1 Å². The molecule has 0 saturated heterocycles. The van der Waals surface area contributed by atoms with Gasteiger partial charge in [-0.15, -0.1) is 21.5 Å². The zero-order valence-electron chi connectivity index (χ0n) is 11.7. The molecule has 1 N–H and O–H groups in total. The third-order valence-electron chi connectivity index (χ3n) is 4.05. The number of thiophene rings is 1. The van der Waals surface area contributed by atoms with Crippen molar-refractivity contribution in [2.24, 2.45) is 0 Å². The molecule has 1 saturated carbocycles. The van der Waals surface area contributed by atoms with Gasteiger partial charge in [-0.05, 0) is 65.1 Å². The molecule has 0 unspecified atom stereocenters. The van der Waals surface area contributed by atoms with Gasteiger partial charge in [0.2, 0.25) is 4.73 Å². The predicted octanol–water partition coefficient (Wildman–Crippen LogP) is 3.63. The molecule has 5 nitrogen and oxygen atoms in total. The molecule has 2 aliphatic carbocycles. The van der Waals surface area contributed by atoms with Gasteiger partial charge < -0.3 is 5.11 Å². The van der Waals surface area contributed by atoms with Gasteiger partial charge in [0, 0.05) is 4.88 Å². The van der Waals surface area contributed by atoms with Crippen molar-refractivity contribution >= 4 is 45.0 Å². The third kappa shape index (κ3) is 2.51. The minimum Gasteiger partial charge on any atom is -0.481 e. The van der Waals surface area contributed by atoms with E-state index < -0.39 is 5.97 Å². The van der Waals surface area contributed by atoms with Crippen molar-refractivity contribution in [1.82, 2.24) is 14.8 Å². The van der Waals surface area contributed by atoms with E-state index in [1.54, 1.807) is 0 Å². The second-order valence-electron chi connectivity index (χ2n) is 5.63. The third-order valence-corrected chi connectivity index (χ3v) is 6.90. The number of aliphatic carboxylic acids is 1. The monoisotopic (exact) mass is 399 g/mol. The van der Waals surface area contributed by atoms with Gasteiger partial charge in [-0.2, -0.15) is 0 Å². The molecule has 0 bridgehead atoms. The van der Waals surface area contributed by atoms with Gasteiger partial charge in [0.25, 0.3) is 0 Å². The molecular formula is C14H14BrN3O2S2. The van der Waals surface area contributed by atoms with Crippen LogP contribution in [0.3, 0.4) is 0 Å². The minimum atomic E-state index is -0.842. The highest BCUT2D eigenvalue weighted by molar-refractivity contribution is 9.10. The predicted molar refractivity (Wildman–Crippen MR) is 89.3 cm³/mol. The molecule has 0 amide bonds. The van der Waals surface area contributed by atoms with Crippen LogP contribution in [0.5, 0.6) is 0 Å². The maximum absolute atomic E-state index is 10.8. The fourth-order valence-electron chi connectivity index (χ4n) is 2.98. The molecule has 1 fully saturated rings. The van der Waals surface area contributed by atoms with Crippen LogP contribution in [0.15, 0.2) is 9.89 Å². The summed E-state index contributed by atoms with van der Waals surface area (Å²) in [5, 5.41) is 18.9. The molecule has 2 aliphatic rings. The van der Waals surface area contributed by atoms with Crippen molar-refractivity contribution in [1.29, 1.82) is 0 Å². The molecular weight excluding hydrogens is 386 g/mol. The number of fused-ring (bicyclic) bond motifs is 1. The molecule has 8 heteroatoms. The quantitative estimate of drug-likeness (QED) is 0.777. The van der Waals surface area contributed by atoms with Crippen LogP contribution < -0.4 is 0 Å². The standard InChI is InChI=1S/C14H14BrN3O2S2/c15-13-16-17-14(21-6-10(19)20)18(13)12-9-3-1-2-8(9)11(22-12)7-4-5-7/h7H,1-6H2,(H,19,20). The Morgan fingerprint density at radius 1 is 1.36 bits per heavy atom. The Balaban J connectivity index is 1.77. The van der Waals surface area contributed by atoms with E-state index in [-0.39, 0.29) is 5.75 Å². The summed E-state index contributed by atoms with van der Waals surface area (Å²) in [6, 6.07) is 0. The summed E-state index contributed by atoms with van der Waals surface area (Å²) in [5.41, 5.74) is 2.96. The number of thioether (sulfide) groups is 1. The smallest absolute Gasteiger partial charge is 0.313 e. The number of carboxylic acid groups (broad SMARTS) is 1. The van der Waals surface area contributed by atoms with Crippen molar-refractivity contribution < 1.29 is 9.90 Å². The first-order chi connectivity index (χ1) is 10.6. The van der Waals surface area contributed by atoms with Gasteiger partial charge in [0.15, 0.2) is 5.16 Å². The van der Waals surface area contributed by atoms with Crippen LogP contribution >= 0.6 is 39.0 Å². The van der Waals surface area contributed by atoms with E-state index >= 15 is 0 Å². The molecule has 0 aliphatic heterocycles. The average molecular weight is 400 g/mol. The Bertz CT molecular complexity index is 752. The van der Waals surface area contributed by atoms with E-state index in [0.717, 1.165) is 12.3 Å². The summed E-state index contributed by atoms with van der Waals surface area (Å²) in [5.74, 6) is -0.101. The van der Waals surface area contributed by atoms with Gasteiger partial charge in [-0.25, -0.2) is 0 Å². The topological polar surface area (TPSA) is 68.0 Å². The summed E-state index contributed by atoms with van der Waals surface area (Å²) in [6.45, 7) is 0. The van der Waals surface area contributed by atoms with Crippen LogP contribution in [-0.4, -0.2) is 31.6 Å². The first kappa shape index (κ1) is 14.7. The molecule has 2 heterocycles. The van der Waals surface area contributed by atoms with Crippen LogP contribution in [-0.2, 0) is 17.6 Å². The number of carbonyl (C=O) groups is 1. The molecule has 0 aromatic carbocycles. The number of nitrogens with zero attached hydrogens (tertiary/aromatic N) is 3. The van der Waals surface area contributed by atoms with Crippen molar-refractivity contribution in [3.05, 3.63) is 20.7 Å². The number of rotatable bonds is 5. The lowest BCUT2D eigenvalue weighted by Gasteiger charge is -2.06. The van der Waals surface area contributed by atoms with E-state index in [0.29, 0.717) is 9.89 Å². The van der Waals surface area contributed by atoms with Gasteiger partial charge in [-0.3, -0.25) is 9.36 Å². The molecule has 22 heavy (non-hydrogen) atoms. The summed E-state index contributed by atoms with van der Waals surface area (Å²) in [4.78, 5) is 12.4. The first-order valence-electron chi connectivity index (χ1n) is 7.25. The number of hydrogen-bond acceptors (Lipinski definition) is 5. The fraction of sp³-hybridized carbons (Fsp3) is 0.500. The Morgan fingerprint density at radius 3 is 2.86 bits per heavy atom. The van der Waals surface area contributed by atoms with Gasteiger partial charge in [0.05, 0.1) is 5.75 Å². The second kappa shape index (κ2) is 5.65. The zero-order chi connectivity index (χ0) is 15.3. The lowest BCUT2D eigenvalue weighted by atomic mass is 10.1. The number of hydrogen-bond donors (Lipinski definition) is 1. The summed E-state index contributed by atoms with van der Waals surface area (Å²) in [7, 11) is 0. The SMILES string of the molecule is O=C(O)CSc1nnc(Br)n1-c1sc(C2CC2)c2c1CCC2. The highest BCUT2D eigenvalue weighted by Crippen LogP contribution is 2.50. The summed E-state index contributed by atoms with van der Waals surface area (Å²) < 4.78 is 2.63. The Hall–Kier alpha value is -0.860. The Labute approximate surface area is 144 Å². The maximum Gasteiger partial charge on any atom is 0.313 e.